The van der Waals surface area contributed by atoms with E-state index in [9.17, 15) is 18.0 Å². The van der Waals surface area contributed by atoms with E-state index in [1.807, 2.05) is 0 Å². The SMILES string of the molecule is O=C(CN(CC(F)F)C1CC1)Nc1nc2ccc(F)cc2s1. The summed E-state index contributed by atoms with van der Waals surface area (Å²) in [6.45, 7) is -0.484. The maximum Gasteiger partial charge on any atom is 0.251 e. The van der Waals surface area contributed by atoms with Crippen LogP contribution in [0.15, 0.2) is 18.2 Å². The van der Waals surface area contributed by atoms with Crippen LogP contribution in [-0.2, 0) is 4.79 Å². The second-order valence-electron chi connectivity index (χ2n) is 5.23. The number of nitrogens with zero attached hydrogens (tertiary/aromatic N) is 2. The Hall–Kier alpha value is -1.67. The van der Waals surface area contributed by atoms with Crippen LogP contribution in [0.25, 0.3) is 10.2 Å². The lowest BCUT2D eigenvalue weighted by molar-refractivity contribution is -0.117. The van der Waals surface area contributed by atoms with E-state index < -0.39 is 13.0 Å². The number of fused-ring (bicyclic) bond motifs is 1. The highest BCUT2D eigenvalue weighted by Crippen LogP contribution is 2.28. The zero-order valence-electron chi connectivity index (χ0n) is 11.6. The van der Waals surface area contributed by atoms with E-state index in [1.54, 1.807) is 0 Å². The molecule has 0 spiro atoms. The van der Waals surface area contributed by atoms with E-state index in [2.05, 4.69) is 10.3 Å². The van der Waals surface area contributed by atoms with Crippen molar-refractivity contribution in [3.8, 4) is 0 Å². The van der Waals surface area contributed by atoms with Crippen molar-refractivity contribution in [2.45, 2.75) is 25.3 Å². The molecule has 0 bridgehead atoms. The summed E-state index contributed by atoms with van der Waals surface area (Å²) < 4.78 is 38.8. The Kier molecular flexibility index (Phi) is 4.30. The van der Waals surface area contributed by atoms with Crippen LogP contribution < -0.4 is 5.32 Å². The molecule has 0 radical (unpaired) electrons. The Morgan fingerprint density at radius 3 is 2.91 bits per heavy atom. The second kappa shape index (κ2) is 6.21. The predicted octanol–water partition coefficient (Wildman–Crippen LogP) is 3.10. The van der Waals surface area contributed by atoms with Crippen LogP contribution in [0.5, 0.6) is 0 Å². The first-order chi connectivity index (χ1) is 10.5. The summed E-state index contributed by atoms with van der Waals surface area (Å²) in [7, 11) is 0. The number of carbonyl (C=O) groups is 1. The molecule has 0 saturated heterocycles. The number of aromatic nitrogens is 1. The fraction of sp³-hybridized carbons (Fsp3) is 0.429. The lowest BCUT2D eigenvalue weighted by atomic mass is 10.3. The minimum Gasteiger partial charge on any atom is -0.301 e. The van der Waals surface area contributed by atoms with Crippen molar-refractivity contribution in [1.82, 2.24) is 9.88 Å². The van der Waals surface area contributed by atoms with Gasteiger partial charge in [0.05, 0.1) is 23.3 Å². The normalized spacial score (nSPS) is 15.0. The molecule has 1 N–H and O–H groups in total. The number of amides is 1. The van der Waals surface area contributed by atoms with Crippen LogP contribution >= 0.6 is 11.3 Å². The predicted molar refractivity (Wildman–Crippen MR) is 78.8 cm³/mol. The molecule has 0 unspecified atom stereocenters. The lowest BCUT2D eigenvalue weighted by Gasteiger charge is -2.20. The quantitative estimate of drug-likeness (QED) is 0.886. The van der Waals surface area contributed by atoms with Gasteiger partial charge >= 0.3 is 0 Å². The highest BCUT2D eigenvalue weighted by atomic mass is 32.1. The van der Waals surface area contributed by atoms with Gasteiger partial charge in [-0.25, -0.2) is 18.2 Å². The highest BCUT2D eigenvalue weighted by molar-refractivity contribution is 7.22. The summed E-state index contributed by atoms with van der Waals surface area (Å²) >= 11 is 1.16. The average Bonchev–Trinajstić information content (AvgIpc) is 3.19. The van der Waals surface area contributed by atoms with Crippen LogP contribution in [-0.4, -0.2) is 41.3 Å². The summed E-state index contributed by atoms with van der Waals surface area (Å²) in [5, 5.41) is 2.94. The van der Waals surface area contributed by atoms with Crippen LogP contribution in [0.2, 0.25) is 0 Å². The number of rotatable bonds is 6. The third-order valence-corrected chi connectivity index (χ3v) is 4.31. The molecule has 1 amide bonds. The number of benzene rings is 1. The van der Waals surface area contributed by atoms with Gasteiger partial charge in [0.2, 0.25) is 5.91 Å². The number of hydrogen-bond acceptors (Lipinski definition) is 4. The van der Waals surface area contributed by atoms with Crippen molar-refractivity contribution in [3.05, 3.63) is 24.0 Å². The first-order valence-electron chi connectivity index (χ1n) is 6.89. The van der Waals surface area contributed by atoms with E-state index in [-0.39, 0.29) is 24.3 Å². The maximum absolute atomic E-state index is 13.1. The molecule has 22 heavy (non-hydrogen) atoms. The third-order valence-electron chi connectivity index (χ3n) is 3.38. The molecule has 1 aromatic heterocycles. The molecule has 0 aliphatic heterocycles. The van der Waals surface area contributed by atoms with Crippen LogP contribution in [0.3, 0.4) is 0 Å². The number of hydrogen-bond donors (Lipinski definition) is 1. The highest BCUT2D eigenvalue weighted by Gasteiger charge is 2.32. The zero-order valence-corrected chi connectivity index (χ0v) is 12.4. The Morgan fingerprint density at radius 1 is 1.45 bits per heavy atom. The van der Waals surface area contributed by atoms with Gasteiger partial charge in [0.15, 0.2) is 5.13 Å². The Bertz CT molecular complexity index is 687. The minimum atomic E-state index is -2.46. The molecule has 1 fully saturated rings. The Balaban J connectivity index is 1.64. The maximum atomic E-state index is 13.1. The molecule has 118 valence electrons. The van der Waals surface area contributed by atoms with Gasteiger partial charge in [0.25, 0.3) is 6.43 Å². The van der Waals surface area contributed by atoms with Gasteiger partial charge < -0.3 is 5.32 Å². The van der Waals surface area contributed by atoms with Gasteiger partial charge in [-0.1, -0.05) is 11.3 Å². The minimum absolute atomic E-state index is 0.0733. The van der Waals surface area contributed by atoms with Crippen molar-refractivity contribution in [2.75, 3.05) is 18.4 Å². The molecule has 1 heterocycles. The van der Waals surface area contributed by atoms with Gasteiger partial charge in [-0.3, -0.25) is 9.69 Å². The molecule has 1 aliphatic carbocycles. The molecule has 1 aliphatic rings. The first-order valence-corrected chi connectivity index (χ1v) is 7.71. The van der Waals surface area contributed by atoms with Crippen molar-refractivity contribution in [2.24, 2.45) is 0 Å². The number of carbonyl (C=O) groups excluding carboxylic acids is 1. The van der Waals surface area contributed by atoms with Crippen LogP contribution in [0, 0.1) is 5.82 Å². The fourth-order valence-electron chi connectivity index (χ4n) is 2.25. The smallest absolute Gasteiger partial charge is 0.251 e. The van der Waals surface area contributed by atoms with Gasteiger partial charge in [0.1, 0.15) is 5.82 Å². The Morgan fingerprint density at radius 2 is 2.23 bits per heavy atom. The molecular weight excluding hydrogens is 315 g/mol. The molecule has 1 saturated carbocycles. The van der Waals surface area contributed by atoms with Crippen LogP contribution in [0.1, 0.15) is 12.8 Å². The van der Waals surface area contributed by atoms with E-state index in [1.165, 1.54) is 23.1 Å². The summed E-state index contributed by atoms with van der Waals surface area (Å²) in [6.07, 6.45) is -0.764. The van der Waals surface area contributed by atoms with Gasteiger partial charge in [0, 0.05) is 6.04 Å². The lowest BCUT2D eigenvalue weighted by Crippen LogP contribution is -2.38. The second-order valence-corrected chi connectivity index (χ2v) is 6.26. The standard InChI is InChI=1S/C14H14F3N3OS/c15-8-1-4-10-11(5-8)22-14(18-10)19-13(21)7-20(6-12(16)17)9-2-3-9/h1,4-5,9,12H,2-3,6-7H2,(H,18,19,21). The number of halogens is 3. The monoisotopic (exact) mass is 329 g/mol. The zero-order chi connectivity index (χ0) is 15.7. The summed E-state index contributed by atoms with van der Waals surface area (Å²) in [6, 6.07) is 4.25. The van der Waals surface area contributed by atoms with E-state index in [0.717, 1.165) is 24.2 Å². The third kappa shape index (κ3) is 3.75. The number of nitrogens with one attached hydrogen (secondary N) is 1. The average molecular weight is 329 g/mol. The Labute approximate surface area is 128 Å². The topological polar surface area (TPSA) is 45.2 Å². The summed E-state index contributed by atoms with van der Waals surface area (Å²) in [5.74, 6) is -0.752. The summed E-state index contributed by atoms with van der Waals surface area (Å²) in [5.41, 5.74) is 0.591. The van der Waals surface area contributed by atoms with E-state index in [4.69, 9.17) is 0 Å². The number of alkyl halides is 2. The molecule has 1 aromatic carbocycles. The molecule has 2 aromatic rings. The largest absolute Gasteiger partial charge is 0.301 e. The molecule has 4 nitrogen and oxygen atoms in total. The van der Waals surface area contributed by atoms with Crippen molar-refractivity contribution < 1.29 is 18.0 Å². The molecule has 0 atom stereocenters. The first kappa shape index (κ1) is 15.2. The molecule has 3 rings (SSSR count). The van der Waals surface area contributed by atoms with Crippen molar-refractivity contribution in [1.29, 1.82) is 0 Å². The molecular formula is C14H14F3N3OS. The van der Waals surface area contributed by atoms with E-state index >= 15 is 0 Å². The van der Waals surface area contributed by atoms with Gasteiger partial charge in [-0.2, -0.15) is 0 Å². The van der Waals surface area contributed by atoms with Crippen molar-refractivity contribution in [3.63, 3.8) is 0 Å². The van der Waals surface area contributed by atoms with Gasteiger partial charge in [-0.15, -0.1) is 0 Å². The fourth-order valence-corrected chi connectivity index (χ4v) is 3.16. The number of thiazole rings is 1. The molecule has 8 heteroatoms. The summed E-state index contributed by atoms with van der Waals surface area (Å²) in [4.78, 5) is 17.6. The van der Waals surface area contributed by atoms with Gasteiger partial charge in [-0.05, 0) is 31.0 Å². The van der Waals surface area contributed by atoms with E-state index in [0.29, 0.717) is 15.3 Å². The van der Waals surface area contributed by atoms with Crippen LogP contribution in [0.4, 0.5) is 18.3 Å². The number of anilines is 1. The van der Waals surface area contributed by atoms with Crippen molar-refractivity contribution >= 4 is 32.6 Å².